The Morgan fingerprint density at radius 3 is 2.65 bits per heavy atom. The van der Waals surface area contributed by atoms with Gasteiger partial charge in [0, 0.05) is 33.0 Å². The van der Waals surface area contributed by atoms with Crippen molar-refractivity contribution in [3.63, 3.8) is 0 Å². The zero-order chi connectivity index (χ0) is 19.1. The predicted octanol–water partition coefficient (Wildman–Crippen LogP) is 1.25. The highest BCUT2D eigenvalue weighted by Gasteiger charge is 2.39. The summed E-state index contributed by atoms with van der Waals surface area (Å²) in [6, 6.07) is 7.19. The molecule has 0 spiro atoms. The van der Waals surface area contributed by atoms with Crippen LogP contribution >= 0.6 is 0 Å². The van der Waals surface area contributed by atoms with Crippen molar-refractivity contribution >= 4 is 17.7 Å². The average molecular weight is 361 g/mol. The van der Waals surface area contributed by atoms with Crippen molar-refractivity contribution in [1.82, 2.24) is 15.5 Å². The molecule has 0 bridgehead atoms. The molecule has 7 heteroatoms. The molecule has 1 aromatic carbocycles. The van der Waals surface area contributed by atoms with E-state index in [2.05, 4.69) is 10.6 Å². The Bertz CT molecular complexity index is 662. The van der Waals surface area contributed by atoms with Gasteiger partial charge >= 0.3 is 0 Å². The van der Waals surface area contributed by atoms with Gasteiger partial charge in [0.2, 0.25) is 17.7 Å². The second kappa shape index (κ2) is 9.22. The van der Waals surface area contributed by atoms with E-state index in [0.29, 0.717) is 38.2 Å². The summed E-state index contributed by atoms with van der Waals surface area (Å²) in [6.07, 6.45) is 0.862. The molecule has 2 N–H and O–H groups in total. The van der Waals surface area contributed by atoms with Crippen molar-refractivity contribution in [3.8, 4) is 5.75 Å². The lowest BCUT2D eigenvalue weighted by atomic mass is 9.83. The van der Waals surface area contributed by atoms with Gasteiger partial charge in [0.15, 0.2) is 0 Å². The van der Waals surface area contributed by atoms with Crippen molar-refractivity contribution in [2.24, 2.45) is 5.92 Å². The molecule has 1 aliphatic heterocycles. The highest BCUT2D eigenvalue weighted by atomic mass is 16.5. The van der Waals surface area contributed by atoms with Gasteiger partial charge in [-0.25, -0.2) is 0 Å². The summed E-state index contributed by atoms with van der Waals surface area (Å²) in [6.45, 7) is 4.64. The molecule has 0 aliphatic carbocycles. The maximum atomic E-state index is 12.8. The number of benzene rings is 1. The van der Waals surface area contributed by atoms with Crippen molar-refractivity contribution in [2.45, 2.75) is 32.7 Å². The van der Waals surface area contributed by atoms with Gasteiger partial charge in [-0.05, 0) is 31.0 Å². The summed E-state index contributed by atoms with van der Waals surface area (Å²) in [7, 11) is 1.59. The summed E-state index contributed by atoms with van der Waals surface area (Å²) in [5.41, 5.74) is 0.890. The minimum atomic E-state index is -0.336. The number of ether oxygens (including phenoxy) is 1. The highest BCUT2D eigenvalue weighted by molar-refractivity contribution is 5.85. The quantitative estimate of drug-likeness (QED) is 0.716. The fraction of sp³-hybridized carbons (Fsp3) is 0.526. The first-order valence-electron chi connectivity index (χ1n) is 8.93. The Kier molecular flexibility index (Phi) is 7.00. The van der Waals surface area contributed by atoms with Crippen LogP contribution in [0.1, 0.15) is 38.3 Å². The van der Waals surface area contributed by atoms with Crippen LogP contribution < -0.4 is 15.4 Å². The number of nitrogens with one attached hydrogen (secondary N) is 2. The van der Waals surface area contributed by atoms with Gasteiger partial charge in [-0.15, -0.1) is 0 Å². The minimum absolute atomic E-state index is 0.0580. The largest absolute Gasteiger partial charge is 0.497 e. The zero-order valence-electron chi connectivity index (χ0n) is 15.6. The third kappa shape index (κ3) is 4.74. The standard InChI is InChI=1S/C19H27N3O4/c1-4-22-17(24)9-8-16(19(25)21-11-10-20-13(2)23)18(22)14-6-5-7-15(12-14)26-3/h5-7,12,16,18H,4,8-11H2,1-3H3,(H,20,23)(H,21,25)/t16-,18+/m1/s1. The minimum Gasteiger partial charge on any atom is -0.497 e. The number of rotatable bonds is 7. The third-order valence-corrected chi connectivity index (χ3v) is 4.62. The van der Waals surface area contributed by atoms with Crippen LogP contribution in [0, 0.1) is 5.92 Å². The molecule has 1 fully saturated rings. The van der Waals surface area contributed by atoms with E-state index in [4.69, 9.17) is 4.74 Å². The molecule has 2 atom stereocenters. The van der Waals surface area contributed by atoms with E-state index in [-0.39, 0.29) is 29.7 Å². The van der Waals surface area contributed by atoms with E-state index >= 15 is 0 Å². The van der Waals surface area contributed by atoms with Crippen LogP contribution in [0.5, 0.6) is 5.75 Å². The van der Waals surface area contributed by atoms with E-state index in [1.807, 2.05) is 31.2 Å². The van der Waals surface area contributed by atoms with Crippen LogP contribution in [0.3, 0.4) is 0 Å². The highest BCUT2D eigenvalue weighted by Crippen LogP contribution is 2.37. The van der Waals surface area contributed by atoms with Gasteiger partial charge in [0.05, 0.1) is 19.1 Å². The smallest absolute Gasteiger partial charge is 0.225 e. The molecule has 26 heavy (non-hydrogen) atoms. The predicted molar refractivity (Wildman–Crippen MR) is 97.5 cm³/mol. The van der Waals surface area contributed by atoms with E-state index in [1.54, 1.807) is 12.0 Å². The topological polar surface area (TPSA) is 87.7 Å². The first-order chi connectivity index (χ1) is 12.5. The van der Waals surface area contributed by atoms with Crippen LogP contribution in [0.25, 0.3) is 0 Å². The zero-order valence-corrected chi connectivity index (χ0v) is 15.6. The maximum Gasteiger partial charge on any atom is 0.225 e. The number of hydrogen-bond donors (Lipinski definition) is 2. The van der Waals surface area contributed by atoms with Gasteiger partial charge in [-0.1, -0.05) is 12.1 Å². The number of carbonyl (C=O) groups excluding carboxylic acids is 3. The van der Waals surface area contributed by atoms with Gasteiger partial charge in [0.25, 0.3) is 0 Å². The lowest BCUT2D eigenvalue weighted by Gasteiger charge is -2.40. The fourth-order valence-electron chi connectivity index (χ4n) is 3.39. The molecule has 1 aromatic rings. The number of piperidine rings is 1. The molecule has 142 valence electrons. The summed E-state index contributed by atoms with van der Waals surface area (Å²) in [4.78, 5) is 37.8. The monoisotopic (exact) mass is 361 g/mol. The van der Waals surface area contributed by atoms with E-state index in [9.17, 15) is 14.4 Å². The first kappa shape index (κ1) is 19.8. The molecule has 1 aliphatic rings. The molecular weight excluding hydrogens is 334 g/mol. The van der Waals surface area contributed by atoms with Gasteiger partial charge in [-0.3, -0.25) is 14.4 Å². The SMILES string of the molecule is CCN1C(=O)CC[C@@H](C(=O)NCCNC(C)=O)[C@@H]1c1cccc(OC)c1. The van der Waals surface area contributed by atoms with Crippen molar-refractivity contribution < 1.29 is 19.1 Å². The normalized spacial score (nSPS) is 19.8. The summed E-state index contributed by atoms with van der Waals surface area (Å²) < 4.78 is 5.29. The lowest BCUT2D eigenvalue weighted by molar-refractivity contribution is -0.143. The number of carbonyl (C=O) groups is 3. The number of methoxy groups -OCH3 is 1. The molecule has 0 unspecified atom stereocenters. The summed E-state index contributed by atoms with van der Waals surface area (Å²) >= 11 is 0. The molecule has 7 nitrogen and oxygen atoms in total. The summed E-state index contributed by atoms with van der Waals surface area (Å²) in [5, 5.41) is 5.53. The fourth-order valence-corrected chi connectivity index (χ4v) is 3.39. The van der Waals surface area contributed by atoms with Crippen molar-refractivity contribution in [3.05, 3.63) is 29.8 Å². The van der Waals surface area contributed by atoms with Crippen molar-refractivity contribution in [2.75, 3.05) is 26.7 Å². The van der Waals surface area contributed by atoms with Crippen LogP contribution in [-0.4, -0.2) is 49.4 Å². The third-order valence-electron chi connectivity index (χ3n) is 4.62. The maximum absolute atomic E-state index is 12.8. The Morgan fingerprint density at radius 1 is 1.27 bits per heavy atom. The number of hydrogen-bond acceptors (Lipinski definition) is 4. The van der Waals surface area contributed by atoms with Crippen LogP contribution in [0.2, 0.25) is 0 Å². The molecule has 0 saturated carbocycles. The Balaban J connectivity index is 2.19. The molecule has 0 radical (unpaired) electrons. The van der Waals surface area contributed by atoms with E-state index < -0.39 is 0 Å². The second-order valence-electron chi connectivity index (χ2n) is 6.32. The second-order valence-corrected chi connectivity index (χ2v) is 6.32. The van der Waals surface area contributed by atoms with Crippen LogP contribution in [-0.2, 0) is 14.4 Å². The summed E-state index contributed by atoms with van der Waals surface area (Å²) in [5.74, 6) is 0.184. The molecule has 3 amide bonds. The lowest BCUT2D eigenvalue weighted by Crippen LogP contribution is -2.48. The molecule has 1 saturated heterocycles. The van der Waals surface area contributed by atoms with E-state index in [1.165, 1.54) is 6.92 Å². The molecule has 2 rings (SSSR count). The van der Waals surface area contributed by atoms with Gasteiger partial charge in [-0.2, -0.15) is 0 Å². The van der Waals surface area contributed by atoms with Gasteiger partial charge in [0.1, 0.15) is 5.75 Å². The number of nitrogens with zero attached hydrogens (tertiary/aromatic N) is 1. The van der Waals surface area contributed by atoms with Gasteiger partial charge < -0.3 is 20.3 Å². The Morgan fingerprint density at radius 2 is 2.00 bits per heavy atom. The van der Waals surface area contributed by atoms with Crippen LogP contribution in [0.15, 0.2) is 24.3 Å². The first-order valence-corrected chi connectivity index (χ1v) is 8.93. The molecule has 1 heterocycles. The molecular formula is C19H27N3O4. The number of likely N-dealkylation sites (tertiary alicyclic amines) is 1. The average Bonchev–Trinajstić information content (AvgIpc) is 2.64. The van der Waals surface area contributed by atoms with Crippen LogP contribution in [0.4, 0.5) is 0 Å². The Hall–Kier alpha value is -2.57. The number of amides is 3. The molecule has 0 aromatic heterocycles. The van der Waals surface area contributed by atoms with Crippen molar-refractivity contribution in [1.29, 1.82) is 0 Å². The Labute approximate surface area is 154 Å². The van der Waals surface area contributed by atoms with E-state index in [0.717, 1.165) is 5.56 Å².